The minimum Gasteiger partial charge on any atom is -0.297 e. The van der Waals surface area contributed by atoms with Gasteiger partial charge in [0.2, 0.25) is 8.32 Å². The Balaban J connectivity index is 4.19. The topological polar surface area (TPSA) is 19.9 Å². The zero-order chi connectivity index (χ0) is 9.78. The molecule has 0 saturated heterocycles. The predicted octanol–water partition coefficient (Wildman–Crippen LogP) is 3.98. The minimum absolute atomic E-state index is 0.393. The van der Waals surface area contributed by atoms with Crippen molar-refractivity contribution in [3.8, 4) is 0 Å². The van der Waals surface area contributed by atoms with Gasteiger partial charge in [-0.2, -0.15) is 0 Å². The van der Waals surface area contributed by atoms with Gasteiger partial charge >= 0.3 is 0 Å². The standard InChI is InChI=1S/C10H23OSi/c1-6-7-8-12(11,9(2)3)10(4)5/h9-10H,6-8H2,1-5H3. The van der Waals surface area contributed by atoms with Crippen LogP contribution in [0.3, 0.4) is 0 Å². The second kappa shape index (κ2) is 5.03. The molecule has 0 atom stereocenters. The van der Waals surface area contributed by atoms with Crippen LogP contribution in [0.2, 0.25) is 17.1 Å². The largest absolute Gasteiger partial charge is 0.297 e. The molecule has 0 aliphatic carbocycles. The fraction of sp³-hybridized carbons (Fsp3) is 1.00. The first-order valence-corrected chi connectivity index (χ1v) is 7.42. The molecule has 0 aromatic carbocycles. The molecule has 0 spiro atoms. The first kappa shape index (κ1) is 12.2. The Bertz CT molecular complexity index is 113. The van der Waals surface area contributed by atoms with E-state index in [4.69, 9.17) is 0 Å². The summed E-state index contributed by atoms with van der Waals surface area (Å²) in [5.41, 5.74) is 0.785. The maximum atomic E-state index is 12.4. The van der Waals surface area contributed by atoms with Crippen molar-refractivity contribution in [1.29, 1.82) is 0 Å². The molecule has 0 aliphatic heterocycles. The van der Waals surface area contributed by atoms with Crippen LogP contribution in [0.5, 0.6) is 0 Å². The summed E-state index contributed by atoms with van der Waals surface area (Å²) in [6.45, 7) is 10.6. The summed E-state index contributed by atoms with van der Waals surface area (Å²) in [5, 5.41) is 0. The Morgan fingerprint density at radius 1 is 1.08 bits per heavy atom. The van der Waals surface area contributed by atoms with Crippen molar-refractivity contribution < 1.29 is 4.80 Å². The molecule has 0 fully saturated rings. The molecule has 0 aromatic heterocycles. The maximum absolute atomic E-state index is 12.4. The zero-order valence-electron chi connectivity index (χ0n) is 9.18. The van der Waals surface area contributed by atoms with E-state index < -0.39 is 8.32 Å². The third-order valence-electron chi connectivity index (χ3n) is 2.88. The highest BCUT2D eigenvalue weighted by molar-refractivity contribution is 6.74. The van der Waals surface area contributed by atoms with Crippen molar-refractivity contribution >= 4 is 8.32 Å². The molecule has 0 amide bonds. The van der Waals surface area contributed by atoms with Gasteiger partial charge in [0.15, 0.2) is 0 Å². The van der Waals surface area contributed by atoms with Crippen LogP contribution < -0.4 is 0 Å². The van der Waals surface area contributed by atoms with E-state index >= 15 is 0 Å². The average Bonchev–Trinajstić information content (AvgIpc) is 1.99. The van der Waals surface area contributed by atoms with Gasteiger partial charge < -0.3 is 0 Å². The lowest BCUT2D eigenvalue weighted by atomic mass is 10.4. The van der Waals surface area contributed by atoms with E-state index in [1.807, 2.05) is 0 Å². The van der Waals surface area contributed by atoms with Crippen molar-refractivity contribution in [2.75, 3.05) is 0 Å². The predicted molar refractivity (Wildman–Crippen MR) is 56.4 cm³/mol. The van der Waals surface area contributed by atoms with Crippen LogP contribution in [0.15, 0.2) is 0 Å². The summed E-state index contributed by atoms with van der Waals surface area (Å²) in [6.07, 6.45) is 2.29. The normalized spacial score (nSPS) is 13.0. The monoisotopic (exact) mass is 187 g/mol. The molecule has 1 nitrogen and oxygen atoms in total. The van der Waals surface area contributed by atoms with Crippen LogP contribution in [0.25, 0.3) is 0 Å². The van der Waals surface area contributed by atoms with E-state index in [-0.39, 0.29) is 0 Å². The molecule has 73 valence electrons. The summed E-state index contributed by atoms with van der Waals surface area (Å²) < 4.78 is 0. The van der Waals surface area contributed by atoms with Gasteiger partial charge in [-0.05, 0) is 17.1 Å². The summed E-state index contributed by atoms with van der Waals surface area (Å²) in [5.74, 6) is 0. The maximum Gasteiger partial charge on any atom is 0.242 e. The molecule has 2 heteroatoms. The van der Waals surface area contributed by atoms with Crippen LogP contribution in [-0.4, -0.2) is 8.32 Å². The highest BCUT2D eigenvalue weighted by Crippen LogP contribution is 2.35. The highest BCUT2D eigenvalue weighted by atomic mass is 28.4. The Labute approximate surface area is 78.3 Å². The van der Waals surface area contributed by atoms with Gasteiger partial charge in [-0.3, -0.25) is 4.80 Å². The minimum atomic E-state index is -2.18. The molecule has 0 rings (SSSR count). The van der Waals surface area contributed by atoms with Crippen molar-refractivity contribution in [2.45, 2.75) is 64.6 Å². The fourth-order valence-electron chi connectivity index (χ4n) is 1.70. The molecule has 0 unspecified atom stereocenters. The van der Waals surface area contributed by atoms with Crippen molar-refractivity contribution in [3.63, 3.8) is 0 Å². The lowest BCUT2D eigenvalue weighted by Crippen LogP contribution is -2.39. The highest BCUT2D eigenvalue weighted by Gasteiger charge is 2.39. The van der Waals surface area contributed by atoms with Crippen LogP contribution in [-0.2, 0) is 4.80 Å². The van der Waals surface area contributed by atoms with Gasteiger partial charge in [0, 0.05) is 0 Å². The van der Waals surface area contributed by atoms with Gasteiger partial charge in [0.25, 0.3) is 0 Å². The number of hydrogen-bond acceptors (Lipinski definition) is 0. The lowest BCUT2D eigenvalue weighted by Gasteiger charge is -2.30. The fourth-order valence-corrected chi connectivity index (χ4v) is 5.09. The van der Waals surface area contributed by atoms with Gasteiger partial charge in [0.1, 0.15) is 0 Å². The van der Waals surface area contributed by atoms with Crippen LogP contribution >= 0.6 is 0 Å². The summed E-state index contributed by atoms with van der Waals surface area (Å²) in [4.78, 5) is 12.4. The molecule has 0 N–H and O–H groups in total. The number of hydrogen-bond donors (Lipinski definition) is 0. The van der Waals surface area contributed by atoms with Gasteiger partial charge in [-0.15, -0.1) is 0 Å². The van der Waals surface area contributed by atoms with E-state index in [0.29, 0.717) is 11.1 Å². The summed E-state index contributed by atoms with van der Waals surface area (Å²) in [6, 6.07) is 0.971. The van der Waals surface area contributed by atoms with E-state index in [1.54, 1.807) is 0 Å². The van der Waals surface area contributed by atoms with Crippen molar-refractivity contribution in [2.24, 2.45) is 0 Å². The Morgan fingerprint density at radius 2 is 1.50 bits per heavy atom. The Kier molecular flexibility index (Phi) is 5.10. The second-order valence-corrected chi connectivity index (χ2v) is 9.09. The molecule has 12 heavy (non-hydrogen) atoms. The third-order valence-corrected chi connectivity index (χ3v) is 7.92. The number of rotatable bonds is 5. The number of unbranched alkanes of at least 4 members (excludes halogenated alkanes) is 1. The molecule has 0 aromatic rings. The van der Waals surface area contributed by atoms with Crippen LogP contribution in [0, 0.1) is 0 Å². The SMILES string of the molecule is CCCC[Si]([O])(C(C)C)C(C)C. The molecule has 0 aliphatic rings. The second-order valence-electron chi connectivity index (χ2n) is 4.37. The summed E-state index contributed by atoms with van der Waals surface area (Å²) >= 11 is 0. The summed E-state index contributed by atoms with van der Waals surface area (Å²) in [7, 11) is -2.18. The van der Waals surface area contributed by atoms with Crippen molar-refractivity contribution in [3.05, 3.63) is 0 Å². The smallest absolute Gasteiger partial charge is 0.242 e. The molecular weight excluding hydrogens is 164 g/mol. The first-order valence-electron chi connectivity index (χ1n) is 5.15. The Hall–Kier alpha value is 0.177. The zero-order valence-corrected chi connectivity index (χ0v) is 10.2. The Morgan fingerprint density at radius 3 is 1.75 bits per heavy atom. The quantitative estimate of drug-likeness (QED) is 0.580. The van der Waals surface area contributed by atoms with E-state index in [2.05, 4.69) is 34.6 Å². The molecule has 0 heterocycles. The van der Waals surface area contributed by atoms with Gasteiger partial charge in [0.05, 0.1) is 0 Å². The third kappa shape index (κ3) is 2.90. The molecule has 0 saturated carbocycles. The molecule has 0 bridgehead atoms. The molecular formula is C10H23OSi. The van der Waals surface area contributed by atoms with Crippen LogP contribution in [0.1, 0.15) is 47.5 Å². The first-order chi connectivity index (χ1) is 5.45. The average molecular weight is 187 g/mol. The van der Waals surface area contributed by atoms with E-state index in [1.165, 1.54) is 0 Å². The lowest BCUT2D eigenvalue weighted by molar-refractivity contribution is 0.384. The van der Waals surface area contributed by atoms with Gasteiger partial charge in [-0.25, -0.2) is 0 Å². The van der Waals surface area contributed by atoms with Crippen molar-refractivity contribution in [1.82, 2.24) is 0 Å². The van der Waals surface area contributed by atoms with Crippen LogP contribution in [0.4, 0.5) is 0 Å². The van der Waals surface area contributed by atoms with E-state index in [0.717, 1.165) is 18.9 Å². The van der Waals surface area contributed by atoms with E-state index in [9.17, 15) is 4.80 Å². The molecule has 1 radical (unpaired) electrons. The van der Waals surface area contributed by atoms with Gasteiger partial charge in [-0.1, -0.05) is 47.5 Å².